The molecule has 1 fully saturated rings. The van der Waals surface area contributed by atoms with E-state index in [0.29, 0.717) is 5.56 Å². The number of benzene rings is 2. The second-order valence-corrected chi connectivity index (χ2v) is 4.95. The molecule has 0 radical (unpaired) electrons. The number of amides is 1. The SMILES string of the molecule is O=C1N[C@@H]([C@@H](OC(=O)c2ccccc2)c2ccccc2)CO1. The monoisotopic (exact) mass is 297 g/mol. The van der Waals surface area contributed by atoms with Gasteiger partial charge in [-0.15, -0.1) is 0 Å². The third-order valence-electron chi connectivity index (χ3n) is 3.43. The lowest BCUT2D eigenvalue weighted by Gasteiger charge is -2.22. The minimum atomic E-state index is -0.597. The van der Waals surface area contributed by atoms with Crippen LogP contribution >= 0.6 is 0 Å². The van der Waals surface area contributed by atoms with E-state index >= 15 is 0 Å². The Morgan fingerprint density at radius 2 is 1.73 bits per heavy atom. The summed E-state index contributed by atoms with van der Waals surface area (Å²) in [7, 11) is 0. The van der Waals surface area contributed by atoms with Gasteiger partial charge in [0.2, 0.25) is 0 Å². The standard InChI is InChI=1S/C17H15NO4/c19-16(13-9-5-2-6-10-13)22-15(12-7-3-1-4-8-12)14-11-21-17(20)18-14/h1-10,14-15H,11H2,(H,18,20)/t14-,15+/m1/s1. The average Bonchev–Trinajstić information content (AvgIpc) is 3.00. The first-order valence-electron chi connectivity index (χ1n) is 6.98. The van der Waals surface area contributed by atoms with E-state index in [9.17, 15) is 9.59 Å². The molecule has 1 saturated heterocycles. The molecule has 0 aromatic heterocycles. The molecule has 5 nitrogen and oxygen atoms in total. The summed E-state index contributed by atoms with van der Waals surface area (Å²) in [4.78, 5) is 23.6. The van der Waals surface area contributed by atoms with Gasteiger partial charge in [-0.05, 0) is 17.7 Å². The molecule has 1 aliphatic heterocycles. The summed E-state index contributed by atoms with van der Waals surface area (Å²) in [5.41, 5.74) is 1.27. The molecule has 112 valence electrons. The molecule has 3 rings (SSSR count). The predicted molar refractivity (Wildman–Crippen MR) is 79.3 cm³/mol. The lowest BCUT2D eigenvalue weighted by atomic mass is 10.0. The number of ether oxygens (including phenoxy) is 2. The Morgan fingerprint density at radius 3 is 2.32 bits per heavy atom. The van der Waals surface area contributed by atoms with Gasteiger partial charge in [-0.25, -0.2) is 9.59 Å². The van der Waals surface area contributed by atoms with Crippen molar-refractivity contribution >= 4 is 12.1 Å². The van der Waals surface area contributed by atoms with Gasteiger partial charge < -0.3 is 14.8 Å². The Balaban J connectivity index is 1.83. The van der Waals surface area contributed by atoms with Gasteiger partial charge in [0.05, 0.1) is 5.56 Å². The first-order chi connectivity index (χ1) is 10.7. The fourth-order valence-corrected chi connectivity index (χ4v) is 2.35. The molecule has 0 unspecified atom stereocenters. The number of alkyl carbamates (subject to hydrolysis) is 1. The van der Waals surface area contributed by atoms with Crippen LogP contribution in [0.4, 0.5) is 4.79 Å². The second kappa shape index (κ2) is 6.30. The van der Waals surface area contributed by atoms with E-state index in [0.717, 1.165) is 5.56 Å². The Bertz CT molecular complexity index is 657. The topological polar surface area (TPSA) is 64.6 Å². The van der Waals surface area contributed by atoms with Crippen molar-refractivity contribution in [2.75, 3.05) is 6.61 Å². The lowest BCUT2D eigenvalue weighted by Crippen LogP contribution is -2.35. The van der Waals surface area contributed by atoms with E-state index in [1.54, 1.807) is 24.3 Å². The molecule has 0 saturated carbocycles. The Morgan fingerprint density at radius 1 is 1.09 bits per heavy atom. The summed E-state index contributed by atoms with van der Waals surface area (Å²) < 4.78 is 10.5. The van der Waals surface area contributed by atoms with Gasteiger partial charge in [-0.1, -0.05) is 48.5 Å². The van der Waals surface area contributed by atoms with E-state index in [4.69, 9.17) is 9.47 Å². The lowest BCUT2D eigenvalue weighted by molar-refractivity contribution is 0.0203. The van der Waals surface area contributed by atoms with Gasteiger partial charge in [-0.3, -0.25) is 0 Å². The van der Waals surface area contributed by atoms with Gasteiger partial charge in [0, 0.05) is 0 Å². The Hall–Kier alpha value is -2.82. The van der Waals surface area contributed by atoms with E-state index < -0.39 is 24.2 Å². The smallest absolute Gasteiger partial charge is 0.407 e. The third kappa shape index (κ3) is 3.09. The maximum atomic E-state index is 12.3. The molecule has 22 heavy (non-hydrogen) atoms. The fraction of sp³-hybridized carbons (Fsp3) is 0.176. The van der Waals surface area contributed by atoms with Crippen LogP contribution < -0.4 is 5.32 Å². The third-order valence-corrected chi connectivity index (χ3v) is 3.43. The number of nitrogens with one attached hydrogen (secondary N) is 1. The second-order valence-electron chi connectivity index (χ2n) is 4.95. The van der Waals surface area contributed by atoms with Crippen molar-refractivity contribution in [3.05, 3.63) is 71.8 Å². The summed E-state index contributed by atoms with van der Waals surface area (Å²) in [6, 6.07) is 17.7. The number of cyclic esters (lactones) is 1. The van der Waals surface area contributed by atoms with Crippen LogP contribution in [0, 0.1) is 0 Å². The minimum Gasteiger partial charge on any atom is -0.452 e. The van der Waals surface area contributed by atoms with Crippen LogP contribution in [0.2, 0.25) is 0 Å². The maximum Gasteiger partial charge on any atom is 0.407 e. The number of hydrogen-bond acceptors (Lipinski definition) is 4. The largest absolute Gasteiger partial charge is 0.452 e. The molecule has 0 aliphatic carbocycles. The van der Waals surface area contributed by atoms with Gasteiger partial charge in [-0.2, -0.15) is 0 Å². The van der Waals surface area contributed by atoms with Gasteiger partial charge >= 0.3 is 12.1 Å². The average molecular weight is 297 g/mol. The van der Waals surface area contributed by atoms with Crippen LogP contribution in [0.3, 0.4) is 0 Å². The molecule has 1 amide bonds. The summed E-state index contributed by atoms with van der Waals surface area (Å²) in [5.74, 6) is -0.435. The van der Waals surface area contributed by atoms with Crippen LogP contribution in [0.5, 0.6) is 0 Å². The molecule has 2 aromatic rings. The number of carbonyl (C=O) groups excluding carboxylic acids is 2. The van der Waals surface area contributed by atoms with Gasteiger partial charge in [0.15, 0.2) is 6.10 Å². The molecule has 0 spiro atoms. The van der Waals surface area contributed by atoms with E-state index in [2.05, 4.69) is 5.32 Å². The first-order valence-corrected chi connectivity index (χ1v) is 6.98. The van der Waals surface area contributed by atoms with Crippen molar-refractivity contribution in [2.24, 2.45) is 0 Å². The molecular formula is C17H15NO4. The molecule has 1 heterocycles. The summed E-state index contributed by atoms with van der Waals surface area (Å²) in [6.07, 6.45) is -1.10. The van der Waals surface area contributed by atoms with E-state index in [-0.39, 0.29) is 6.61 Å². The van der Waals surface area contributed by atoms with Crippen molar-refractivity contribution in [3.8, 4) is 0 Å². The van der Waals surface area contributed by atoms with Crippen LogP contribution in [0.15, 0.2) is 60.7 Å². The first kappa shape index (κ1) is 14.1. The number of esters is 1. The zero-order chi connectivity index (χ0) is 15.4. The number of carbonyl (C=O) groups is 2. The highest BCUT2D eigenvalue weighted by molar-refractivity contribution is 5.89. The zero-order valence-electron chi connectivity index (χ0n) is 11.8. The maximum absolute atomic E-state index is 12.3. The molecular weight excluding hydrogens is 282 g/mol. The zero-order valence-corrected chi connectivity index (χ0v) is 11.8. The Labute approximate surface area is 127 Å². The molecule has 2 aromatic carbocycles. The van der Waals surface area contributed by atoms with Gasteiger partial charge in [0.1, 0.15) is 12.6 Å². The molecule has 0 bridgehead atoms. The van der Waals surface area contributed by atoms with Gasteiger partial charge in [0.25, 0.3) is 0 Å². The van der Waals surface area contributed by atoms with Crippen molar-refractivity contribution in [1.29, 1.82) is 0 Å². The number of hydrogen-bond donors (Lipinski definition) is 1. The Kier molecular flexibility index (Phi) is 4.05. The van der Waals surface area contributed by atoms with Crippen LogP contribution in [0.25, 0.3) is 0 Å². The van der Waals surface area contributed by atoms with Crippen LogP contribution in [-0.4, -0.2) is 24.7 Å². The predicted octanol–water partition coefficient (Wildman–Crippen LogP) is 2.69. The van der Waals surface area contributed by atoms with Crippen molar-refractivity contribution < 1.29 is 19.1 Å². The molecule has 2 atom stereocenters. The van der Waals surface area contributed by atoms with E-state index in [1.807, 2.05) is 36.4 Å². The van der Waals surface area contributed by atoms with Crippen molar-refractivity contribution in [3.63, 3.8) is 0 Å². The van der Waals surface area contributed by atoms with Crippen LogP contribution in [0.1, 0.15) is 22.0 Å². The minimum absolute atomic E-state index is 0.167. The highest BCUT2D eigenvalue weighted by atomic mass is 16.6. The number of rotatable bonds is 4. The highest BCUT2D eigenvalue weighted by Gasteiger charge is 2.34. The summed E-state index contributed by atoms with van der Waals surface area (Å²) in [5, 5.41) is 2.67. The normalized spacial score (nSPS) is 18.2. The fourth-order valence-electron chi connectivity index (χ4n) is 2.35. The molecule has 5 heteroatoms. The quantitative estimate of drug-likeness (QED) is 0.881. The molecule has 1 aliphatic rings. The molecule has 1 N–H and O–H groups in total. The van der Waals surface area contributed by atoms with Crippen LogP contribution in [-0.2, 0) is 9.47 Å². The summed E-state index contributed by atoms with van der Waals surface area (Å²) >= 11 is 0. The van der Waals surface area contributed by atoms with Crippen molar-refractivity contribution in [2.45, 2.75) is 12.1 Å². The van der Waals surface area contributed by atoms with E-state index in [1.165, 1.54) is 0 Å². The highest BCUT2D eigenvalue weighted by Crippen LogP contribution is 2.25. The summed E-state index contributed by atoms with van der Waals surface area (Å²) in [6.45, 7) is 0.167. The van der Waals surface area contributed by atoms with Crippen molar-refractivity contribution in [1.82, 2.24) is 5.32 Å².